The number of nitrogens with zero attached hydrogens (tertiary/aromatic N) is 5. The molecule has 2 aliphatic rings. The zero-order valence-electron chi connectivity index (χ0n) is 12.6. The van der Waals surface area contributed by atoms with E-state index < -0.39 is 13.0 Å². The first kappa shape index (κ1) is 16.3. The first-order valence-corrected chi connectivity index (χ1v) is 7.58. The first-order valence-electron chi connectivity index (χ1n) is 7.58. The fourth-order valence-corrected chi connectivity index (χ4v) is 3.48. The molecule has 0 atom stereocenters. The molecule has 4 rings (SSSR count). The average molecular weight is 345 g/mol. The summed E-state index contributed by atoms with van der Waals surface area (Å²) in [6.45, 7) is 3.59. The van der Waals surface area contributed by atoms with Gasteiger partial charge in [0.05, 0.1) is 12.4 Å². The van der Waals surface area contributed by atoms with Crippen LogP contribution in [0, 0.1) is 5.41 Å². The number of hydrogen-bond donors (Lipinski definition) is 1. The van der Waals surface area contributed by atoms with Crippen LogP contribution in [0.25, 0.3) is 11.2 Å². The molecule has 6 nitrogen and oxygen atoms in total. The van der Waals surface area contributed by atoms with Crippen LogP contribution in [0.5, 0.6) is 0 Å². The minimum Gasteiger partial charge on any atom is -0.354 e. The van der Waals surface area contributed by atoms with E-state index in [1.165, 1.54) is 23.7 Å². The minimum absolute atomic E-state index is 0. The second-order valence-corrected chi connectivity index (χ2v) is 6.29. The van der Waals surface area contributed by atoms with Crippen LogP contribution in [0.1, 0.15) is 12.8 Å². The Morgan fingerprint density at radius 2 is 2.13 bits per heavy atom. The maximum atomic E-state index is 12.6. The van der Waals surface area contributed by atoms with E-state index in [0.29, 0.717) is 16.6 Å². The Balaban J connectivity index is 0.00000156. The van der Waals surface area contributed by atoms with Crippen molar-refractivity contribution in [2.75, 3.05) is 31.1 Å². The summed E-state index contributed by atoms with van der Waals surface area (Å²) in [5.74, 6) is 0.750. The highest BCUT2D eigenvalue weighted by Crippen LogP contribution is 2.38. The summed E-state index contributed by atoms with van der Waals surface area (Å²) < 4.78 is 26.4. The maximum absolute atomic E-state index is 12.6. The van der Waals surface area contributed by atoms with E-state index in [0.717, 1.165) is 32.0 Å². The summed E-state index contributed by atoms with van der Waals surface area (Å²) in [6, 6.07) is 0. The Morgan fingerprint density at radius 1 is 1.30 bits per heavy atom. The largest absolute Gasteiger partial charge is 0.354 e. The van der Waals surface area contributed by atoms with Gasteiger partial charge in [-0.05, 0) is 19.4 Å². The molecule has 0 aromatic carbocycles. The third-order valence-electron chi connectivity index (χ3n) is 4.58. The smallest absolute Gasteiger partial charge is 0.258 e. The Kier molecular flexibility index (Phi) is 4.37. The third-order valence-corrected chi connectivity index (χ3v) is 4.58. The van der Waals surface area contributed by atoms with Crippen LogP contribution in [0.3, 0.4) is 0 Å². The topological polar surface area (TPSA) is 58.9 Å². The summed E-state index contributed by atoms with van der Waals surface area (Å²) in [7, 11) is 0. The van der Waals surface area contributed by atoms with E-state index in [1.807, 2.05) is 0 Å². The number of piperidine rings is 1. The predicted molar refractivity (Wildman–Crippen MR) is 85.3 cm³/mol. The fourth-order valence-electron chi connectivity index (χ4n) is 3.48. The zero-order chi connectivity index (χ0) is 15.2. The molecule has 1 spiro atoms. The molecule has 0 aliphatic carbocycles. The molecule has 2 aromatic rings. The lowest BCUT2D eigenvalue weighted by Crippen LogP contribution is -2.62. The van der Waals surface area contributed by atoms with Gasteiger partial charge >= 0.3 is 0 Å². The molecular formula is C14H19ClF2N6. The lowest BCUT2D eigenvalue weighted by molar-refractivity contribution is 0.123. The number of rotatable bonds is 3. The second kappa shape index (κ2) is 6.16. The number of hydrogen-bond acceptors (Lipinski definition) is 5. The standard InChI is InChI=1S/C14H18F2N6.ClH/c15-11(16)6-22-13-10(4-19-22)18-5-12(20-13)21-8-14(9-21)2-1-3-17-7-14;/h4-5,11,17H,1-3,6-9H2;1H. The SMILES string of the molecule is Cl.FC(F)Cn1ncc2ncc(N3CC4(CCCNC4)C3)nc21. The quantitative estimate of drug-likeness (QED) is 0.918. The van der Waals surface area contributed by atoms with Crippen molar-refractivity contribution in [3.63, 3.8) is 0 Å². The van der Waals surface area contributed by atoms with Gasteiger partial charge in [-0.3, -0.25) is 0 Å². The average Bonchev–Trinajstić information content (AvgIpc) is 2.87. The third kappa shape index (κ3) is 2.97. The summed E-state index contributed by atoms with van der Waals surface area (Å²) in [4.78, 5) is 11.0. The molecule has 23 heavy (non-hydrogen) atoms. The van der Waals surface area contributed by atoms with Gasteiger partial charge in [0.2, 0.25) is 0 Å². The van der Waals surface area contributed by atoms with Gasteiger partial charge in [-0.1, -0.05) is 0 Å². The molecule has 1 N–H and O–H groups in total. The van der Waals surface area contributed by atoms with Crippen molar-refractivity contribution >= 4 is 29.4 Å². The van der Waals surface area contributed by atoms with Crippen molar-refractivity contribution in [3.8, 4) is 0 Å². The van der Waals surface area contributed by atoms with Crippen molar-refractivity contribution < 1.29 is 8.78 Å². The number of aromatic nitrogens is 4. The highest BCUT2D eigenvalue weighted by atomic mass is 35.5. The van der Waals surface area contributed by atoms with Gasteiger partial charge in [0.15, 0.2) is 5.65 Å². The molecule has 2 fully saturated rings. The van der Waals surface area contributed by atoms with Crippen molar-refractivity contribution in [2.24, 2.45) is 5.41 Å². The number of fused-ring (bicyclic) bond motifs is 1. The van der Waals surface area contributed by atoms with E-state index in [1.54, 1.807) is 6.20 Å². The van der Waals surface area contributed by atoms with Crippen molar-refractivity contribution in [2.45, 2.75) is 25.8 Å². The molecule has 126 valence electrons. The van der Waals surface area contributed by atoms with Gasteiger partial charge in [0, 0.05) is 25.0 Å². The first-order chi connectivity index (χ1) is 10.7. The lowest BCUT2D eigenvalue weighted by atomic mass is 9.74. The molecule has 2 saturated heterocycles. The summed E-state index contributed by atoms with van der Waals surface area (Å²) >= 11 is 0. The minimum atomic E-state index is -2.45. The zero-order valence-corrected chi connectivity index (χ0v) is 13.4. The Morgan fingerprint density at radius 3 is 2.83 bits per heavy atom. The maximum Gasteiger partial charge on any atom is 0.258 e. The van der Waals surface area contributed by atoms with Crippen LogP contribution in [0.4, 0.5) is 14.6 Å². The number of anilines is 1. The number of alkyl halides is 2. The molecule has 0 bridgehead atoms. The van der Waals surface area contributed by atoms with E-state index in [4.69, 9.17) is 0 Å². The van der Waals surface area contributed by atoms with E-state index in [2.05, 4.69) is 25.3 Å². The lowest BCUT2D eigenvalue weighted by Gasteiger charge is -2.52. The van der Waals surface area contributed by atoms with Gasteiger partial charge in [0.25, 0.3) is 6.43 Å². The van der Waals surface area contributed by atoms with Crippen LogP contribution in [-0.2, 0) is 6.54 Å². The fraction of sp³-hybridized carbons (Fsp3) is 0.643. The summed E-state index contributed by atoms with van der Waals surface area (Å²) in [6.07, 6.45) is 3.18. The van der Waals surface area contributed by atoms with Gasteiger partial charge < -0.3 is 10.2 Å². The van der Waals surface area contributed by atoms with E-state index in [-0.39, 0.29) is 12.4 Å². The Bertz CT molecular complexity index is 677. The van der Waals surface area contributed by atoms with Crippen molar-refractivity contribution in [1.29, 1.82) is 0 Å². The van der Waals surface area contributed by atoms with Crippen LogP contribution in [-0.4, -0.2) is 52.4 Å². The van der Waals surface area contributed by atoms with Crippen LogP contribution in [0.15, 0.2) is 12.4 Å². The summed E-state index contributed by atoms with van der Waals surface area (Å²) in [5, 5.41) is 7.39. The van der Waals surface area contributed by atoms with Crippen molar-refractivity contribution in [3.05, 3.63) is 12.4 Å². The predicted octanol–water partition coefficient (Wildman–Crippen LogP) is 1.70. The van der Waals surface area contributed by atoms with E-state index >= 15 is 0 Å². The van der Waals surface area contributed by atoms with Crippen LogP contribution < -0.4 is 10.2 Å². The molecular weight excluding hydrogens is 326 g/mol. The molecule has 2 aliphatic heterocycles. The van der Waals surface area contributed by atoms with Crippen molar-refractivity contribution in [1.82, 2.24) is 25.1 Å². The molecule has 0 saturated carbocycles. The number of nitrogens with one attached hydrogen (secondary N) is 1. The van der Waals surface area contributed by atoms with Gasteiger partial charge in [0.1, 0.15) is 17.9 Å². The molecule has 0 unspecified atom stereocenters. The molecule has 2 aromatic heterocycles. The Labute approximate surface area is 138 Å². The second-order valence-electron chi connectivity index (χ2n) is 6.29. The molecule has 0 amide bonds. The monoisotopic (exact) mass is 344 g/mol. The normalized spacial score (nSPS) is 19.9. The summed E-state index contributed by atoms with van der Waals surface area (Å²) in [5.41, 5.74) is 1.33. The Hall–Kier alpha value is -1.54. The highest BCUT2D eigenvalue weighted by Gasteiger charge is 2.44. The van der Waals surface area contributed by atoms with Crippen LogP contribution in [0.2, 0.25) is 0 Å². The molecule has 4 heterocycles. The highest BCUT2D eigenvalue weighted by molar-refractivity contribution is 5.85. The van der Waals surface area contributed by atoms with E-state index in [9.17, 15) is 8.78 Å². The molecule has 0 radical (unpaired) electrons. The van der Waals surface area contributed by atoms with Crippen LogP contribution >= 0.6 is 12.4 Å². The van der Waals surface area contributed by atoms with Gasteiger partial charge in [-0.25, -0.2) is 23.4 Å². The number of halogens is 3. The molecule has 9 heteroatoms. The van der Waals surface area contributed by atoms with Gasteiger partial charge in [-0.2, -0.15) is 5.10 Å². The van der Waals surface area contributed by atoms with Gasteiger partial charge in [-0.15, -0.1) is 12.4 Å².